The Labute approximate surface area is 359 Å². The first-order valence-electron chi connectivity index (χ1n) is 20.8. The largest absolute Gasteiger partial charge is 0.457 e. The number of nitrogens with zero attached hydrogens (tertiary/aromatic N) is 3. The van der Waals surface area contributed by atoms with Crippen molar-refractivity contribution in [2.45, 2.75) is 0 Å². The summed E-state index contributed by atoms with van der Waals surface area (Å²) in [4.78, 5) is 10.4. The van der Waals surface area contributed by atoms with E-state index in [2.05, 4.69) is 181 Å². The van der Waals surface area contributed by atoms with Gasteiger partial charge in [-0.05, 0) is 70.8 Å². The second kappa shape index (κ2) is 15.7. The SMILES string of the molecule is C=c1oc2ccccc2/c1=C/C=C/c1cc(-c2cc(-c3ccccc3)c(-n3c4ccccc4c4cc(-c5ccccc5)ccc43)c(-c3ccccc3)c2)nc(-c2ccccc2)n1. The van der Waals surface area contributed by atoms with Crippen molar-refractivity contribution in [2.24, 2.45) is 0 Å². The van der Waals surface area contributed by atoms with E-state index in [1.54, 1.807) is 0 Å². The zero-order chi connectivity index (χ0) is 41.4. The summed E-state index contributed by atoms with van der Waals surface area (Å²) in [6.07, 6.45) is 6.10. The topological polar surface area (TPSA) is 43.9 Å². The van der Waals surface area contributed by atoms with E-state index in [4.69, 9.17) is 14.4 Å². The van der Waals surface area contributed by atoms with Crippen molar-refractivity contribution in [1.82, 2.24) is 14.5 Å². The zero-order valence-corrected chi connectivity index (χ0v) is 33.8. The van der Waals surface area contributed by atoms with Crippen LogP contribution in [0.15, 0.2) is 217 Å². The van der Waals surface area contributed by atoms with Crippen LogP contribution in [0, 0.1) is 0 Å². The highest BCUT2D eigenvalue weighted by Crippen LogP contribution is 2.44. The van der Waals surface area contributed by atoms with Crippen molar-refractivity contribution in [3.63, 3.8) is 0 Å². The smallest absolute Gasteiger partial charge is 0.160 e. The molecule has 4 heteroatoms. The molecule has 4 nitrogen and oxygen atoms in total. The molecule has 0 unspecified atom stereocenters. The first kappa shape index (κ1) is 36.7. The number of fused-ring (bicyclic) bond motifs is 4. The summed E-state index contributed by atoms with van der Waals surface area (Å²) in [6, 6.07) is 72.6. The monoisotopic (exact) mass is 793 g/mol. The standard InChI is InChI=1S/C58H39N3O/c1-39-47(49-29-15-17-32-56(49)62-39)30-18-27-46-38-53(60-58(59-46)43-25-12-5-13-26-43)45-36-50(41-21-8-3-9-22-41)57(51(37-45)42-23-10-4-11-24-42)61-54-31-16-14-28-48(54)52-35-44(33-34-55(52)61)40-19-6-2-7-20-40/h2-38H,1H2/b27-18+,47-30+. The summed E-state index contributed by atoms with van der Waals surface area (Å²) in [5.74, 6) is 0.651. The molecule has 0 atom stereocenters. The van der Waals surface area contributed by atoms with E-state index in [-0.39, 0.29) is 0 Å². The first-order chi connectivity index (χ1) is 30.7. The van der Waals surface area contributed by atoms with Crippen LogP contribution in [0.1, 0.15) is 5.69 Å². The third kappa shape index (κ3) is 6.70. The zero-order valence-electron chi connectivity index (χ0n) is 33.8. The predicted molar refractivity (Wildman–Crippen MR) is 258 cm³/mol. The van der Waals surface area contributed by atoms with Crippen molar-refractivity contribution >= 4 is 51.5 Å². The Bertz CT molecular complexity index is 3510. The van der Waals surface area contributed by atoms with Crippen molar-refractivity contribution < 1.29 is 4.42 Å². The maximum atomic E-state index is 5.95. The average Bonchev–Trinajstić information content (AvgIpc) is 3.85. The fourth-order valence-electron chi connectivity index (χ4n) is 8.68. The second-order valence-corrected chi connectivity index (χ2v) is 15.4. The van der Waals surface area contributed by atoms with Gasteiger partial charge in [0.05, 0.1) is 28.1 Å². The van der Waals surface area contributed by atoms with E-state index < -0.39 is 0 Å². The maximum absolute atomic E-state index is 5.95. The molecule has 0 N–H and O–H groups in total. The van der Waals surface area contributed by atoms with E-state index in [1.165, 1.54) is 21.9 Å². The highest BCUT2D eigenvalue weighted by molar-refractivity contribution is 6.12. The summed E-state index contributed by atoms with van der Waals surface area (Å²) in [6.45, 7) is 4.17. The Morgan fingerprint density at radius 1 is 0.452 bits per heavy atom. The van der Waals surface area contributed by atoms with Gasteiger partial charge >= 0.3 is 0 Å². The van der Waals surface area contributed by atoms with Crippen molar-refractivity contribution in [2.75, 3.05) is 0 Å². The number of furan rings is 1. The molecule has 62 heavy (non-hydrogen) atoms. The molecule has 0 aliphatic heterocycles. The van der Waals surface area contributed by atoms with Gasteiger partial charge in [0.2, 0.25) is 0 Å². The summed E-state index contributed by atoms with van der Waals surface area (Å²) in [5, 5.41) is 4.38. The lowest BCUT2D eigenvalue weighted by atomic mass is 9.91. The summed E-state index contributed by atoms with van der Waals surface area (Å²) >= 11 is 0. The van der Waals surface area contributed by atoms with Crippen molar-refractivity contribution in [1.29, 1.82) is 0 Å². The molecule has 0 bridgehead atoms. The van der Waals surface area contributed by atoms with Crippen LogP contribution < -0.4 is 10.6 Å². The lowest BCUT2D eigenvalue weighted by Crippen LogP contribution is -2.17. The van der Waals surface area contributed by atoms with E-state index in [1.807, 2.05) is 54.6 Å². The Hall–Kier alpha value is -8.34. The number of hydrogen-bond acceptors (Lipinski definition) is 3. The lowest BCUT2D eigenvalue weighted by molar-refractivity contribution is 0.577. The molecule has 0 saturated carbocycles. The number of aromatic nitrogens is 3. The predicted octanol–water partition coefficient (Wildman–Crippen LogP) is 13.6. The molecule has 8 aromatic carbocycles. The van der Waals surface area contributed by atoms with E-state index in [0.717, 1.165) is 77.7 Å². The van der Waals surface area contributed by atoms with Gasteiger partial charge in [0.1, 0.15) is 11.0 Å². The van der Waals surface area contributed by atoms with Crippen LogP contribution in [0.3, 0.4) is 0 Å². The normalized spacial score (nSPS) is 12.0. The molecule has 0 aliphatic rings. The van der Waals surface area contributed by atoms with Gasteiger partial charge in [0, 0.05) is 43.6 Å². The minimum atomic E-state index is 0.631. The minimum absolute atomic E-state index is 0.631. The van der Waals surface area contributed by atoms with Crippen LogP contribution >= 0.6 is 0 Å². The lowest BCUT2D eigenvalue weighted by Gasteiger charge is -2.21. The molecule has 3 aromatic heterocycles. The van der Waals surface area contributed by atoms with Crippen LogP contribution in [0.25, 0.3) is 113 Å². The second-order valence-electron chi connectivity index (χ2n) is 15.4. The fraction of sp³-hybridized carbons (Fsp3) is 0. The molecule has 0 fully saturated rings. The highest BCUT2D eigenvalue weighted by Gasteiger charge is 2.22. The van der Waals surface area contributed by atoms with Gasteiger partial charge < -0.3 is 8.98 Å². The first-order valence-corrected chi connectivity index (χ1v) is 20.8. The molecule has 3 heterocycles. The van der Waals surface area contributed by atoms with Gasteiger partial charge in [-0.15, -0.1) is 0 Å². The van der Waals surface area contributed by atoms with Gasteiger partial charge in [-0.3, -0.25) is 0 Å². The molecule has 11 rings (SSSR count). The average molecular weight is 794 g/mol. The van der Waals surface area contributed by atoms with Crippen LogP contribution in [-0.4, -0.2) is 14.5 Å². The number of para-hydroxylation sites is 2. The molecular formula is C58H39N3O. The highest BCUT2D eigenvalue weighted by atomic mass is 16.3. The maximum Gasteiger partial charge on any atom is 0.160 e. The Balaban J connectivity index is 1.17. The Kier molecular flexibility index (Phi) is 9.29. The molecule has 292 valence electrons. The van der Waals surface area contributed by atoms with Crippen molar-refractivity contribution in [3.05, 3.63) is 229 Å². The van der Waals surface area contributed by atoms with Crippen LogP contribution in [-0.2, 0) is 0 Å². The fourth-order valence-corrected chi connectivity index (χ4v) is 8.68. The van der Waals surface area contributed by atoms with Gasteiger partial charge in [0.15, 0.2) is 5.82 Å². The minimum Gasteiger partial charge on any atom is -0.457 e. The van der Waals surface area contributed by atoms with Gasteiger partial charge in [-0.1, -0.05) is 183 Å². The molecule has 0 aliphatic carbocycles. The van der Waals surface area contributed by atoms with Gasteiger partial charge in [-0.2, -0.15) is 0 Å². The summed E-state index contributed by atoms with van der Waals surface area (Å²) < 4.78 is 8.42. The molecule has 11 aromatic rings. The van der Waals surface area contributed by atoms with E-state index in [0.29, 0.717) is 11.2 Å². The molecule has 0 saturated heterocycles. The molecule has 0 radical (unpaired) electrons. The van der Waals surface area contributed by atoms with Gasteiger partial charge in [-0.25, -0.2) is 9.97 Å². The number of benzene rings is 8. The number of rotatable bonds is 8. The number of allylic oxidation sites excluding steroid dienone is 1. The Morgan fingerprint density at radius 2 is 1.02 bits per heavy atom. The van der Waals surface area contributed by atoms with E-state index in [9.17, 15) is 0 Å². The third-order valence-electron chi connectivity index (χ3n) is 11.6. The molecular weight excluding hydrogens is 755 g/mol. The van der Waals surface area contributed by atoms with Crippen LogP contribution in [0.2, 0.25) is 0 Å². The van der Waals surface area contributed by atoms with Gasteiger partial charge in [0.25, 0.3) is 0 Å². The quantitative estimate of drug-likeness (QED) is 0.154. The third-order valence-corrected chi connectivity index (χ3v) is 11.6. The summed E-state index contributed by atoms with van der Waals surface area (Å²) in [7, 11) is 0. The molecule has 0 amide bonds. The van der Waals surface area contributed by atoms with E-state index >= 15 is 0 Å². The Morgan fingerprint density at radius 3 is 1.69 bits per heavy atom. The van der Waals surface area contributed by atoms with Crippen LogP contribution in [0.4, 0.5) is 0 Å². The summed E-state index contributed by atoms with van der Waals surface area (Å²) in [5.41, 5.74) is 15.2. The number of hydrogen-bond donors (Lipinski definition) is 0. The van der Waals surface area contributed by atoms with Crippen molar-refractivity contribution in [3.8, 4) is 61.7 Å². The molecule has 0 spiro atoms. The van der Waals surface area contributed by atoms with Crippen LogP contribution in [0.5, 0.6) is 0 Å².